The summed E-state index contributed by atoms with van der Waals surface area (Å²) >= 11 is 0. The minimum atomic E-state index is -4.67. The molecular weight excluding hydrogens is 395 g/mol. The van der Waals surface area contributed by atoms with E-state index in [0.717, 1.165) is 4.57 Å². The molecule has 0 radical (unpaired) electrons. The highest BCUT2D eigenvalue weighted by molar-refractivity contribution is 7.92. The second kappa shape index (κ2) is 7.80. The highest BCUT2D eigenvalue weighted by Crippen LogP contribution is 2.32. The molecule has 2 aromatic carbocycles. The number of imidazole rings is 1. The summed E-state index contributed by atoms with van der Waals surface area (Å²) in [5.41, 5.74) is 0.330. The van der Waals surface area contributed by atoms with Gasteiger partial charge in [0, 0.05) is 6.61 Å². The van der Waals surface area contributed by atoms with E-state index in [9.17, 15) is 21.6 Å². The molecule has 1 heterocycles. The number of fused-ring (bicyclic) bond motifs is 1. The summed E-state index contributed by atoms with van der Waals surface area (Å²) in [6.07, 6.45) is -4.00. The van der Waals surface area contributed by atoms with Crippen LogP contribution >= 0.6 is 0 Å². The molecule has 0 amide bonds. The molecule has 0 fully saturated rings. The fourth-order valence-corrected chi connectivity index (χ4v) is 3.72. The lowest BCUT2D eigenvalue weighted by atomic mass is 10.3. The van der Waals surface area contributed by atoms with Crippen molar-refractivity contribution in [1.29, 1.82) is 0 Å². The number of sulfonamides is 1. The van der Waals surface area contributed by atoms with Crippen LogP contribution in [0.3, 0.4) is 0 Å². The molecule has 0 unspecified atom stereocenters. The molecule has 3 rings (SSSR count). The third-order valence-electron chi connectivity index (χ3n) is 3.88. The average molecular weight is 413 g/mol. The Hall–Kier alpha value is -2.59. The molecule has 0 bridgehead atoms. The van der Waals surface area contributed by atoms with E-state index >= 15 is 0 Å². The lowest BCUT2D eigenvalue weighted by Gasteiger charge is -2.11. The van der Waals surface area contributed by atoms with E-state index < -0.39 is 22.0 Å². The summed E-state index contributed by atoms with van der Waals surface area (Å²) in [6, 6.07) is 11.7. The van der Waals surface area contributed by atoms with Crippen LogP contribution in [0.25, 0.3) is 11.0 Å². The first-order chi connectivity index (χ1) is 13.2. The van der Waals surface area contributed by atoms with Gasteiger partial charge in [-0.15, -0.1) is 0 Å². The summed E-state index contributed by atoms with van der Waals surface area (Å²) in [5.74, 6) is -1.10. The normalized spacial score (nSPS) is 12.4. The van der Waals surface area contributed by atoms with E-state index in [0.29, 0.717) is 13.0 Å². The molecule has 1 aromatic heterocycles. The van der Waals surface area contributed by atoms with Gasteiger partial charge >= 0.3 is 6.18 Å². The van der Waals surface area contributed by atoms with E-state index in [1.54, 1.807) is 18.2 Å². The minimum Gasteiger partial charge on any atom is -0.361 e. The minimum absolute atomic E-state index is 0.0145. The molecule has 0 aliphatic carbocycles. The number of alkyl halides is 3. The number of aromatic nitrogens is 2. The van der Waals surface area contributed by atoms with Gasteiger partial charge in [-0.05, 0) is 36.8 Å². The summed E-state index contributed by atoms with van der Waals surface area (Å²) in [6.45, 7) is 1.86. The van der Waals surface area contributed by atoms with Gasteiger partial charge in [0.2, 0.25) is 5.82 Å². The van der Waals surface area contributed by atoms with Crippen molar-refractivity contribution in [2.45, 2.75) is 31.1 Å². The Kier molecular flexibility index (Phi) is 5.61. The Morgan fingerprint density at radius 2 is 1.86 bits per heavy atom. The zero-order chi connectivity index (χ0) is 20.4. The first-order valence-electron chi connectivity index (χ1n) is 8.45. The first-order valence-corrected chi connectivity index (χ1v) is 9.94. The van der Waals surface area contributed by atoms with E-state index in [-0.39, 0.29) is 28.3 Å². The number of benzene rings is 2. The second-order valence-electron chi connectivity index (χ2n) is 6.02. The Morgan fingerprint density at radius 1 is 1.14 bits per heavy atom. The van der Waals surface area contributed by atoms with Crippen molar-refractivity contribution in [1.82, 2.24) is 9.55 Å². The van der Waals surface area contributed by atoms with Crippen LogP contribution in [-0.2, 0) is 27.7 Å². The van der Waals surface area contributed by atoms with Crippen molar-refractivity contribution in [3.63, 3.8) is 0 Å². The molecule has 6 nitrogen and oxygen atoms in total. The molecule has 150 valence electrons. The van der Waals surface area contributed by atoms with Crippen LogP contribution < -0.4 is 4.72 Å². The first kappa shape index (κ1) is 20.2. The van der Waals surface area contributed by atoms with Gasteiger partial charge in [0.1, 0.15) is 6.73 Å². The lowest BCUT2D eigenvalue weighted by molar-refractivity contribution is -0.149. The smallest absolute Gasteiger partial charge is 0.361 e. The zero-order valence-corrected chi connectivity index (χ0v) is 15.7. The quantitative estimate of drug-likeness (QED) is 0.588. The van der Waals surface area contributed by atoms with Gasteiger partial charge in [-0.3, -0.25) is 9.29 Å². The zero-order valence-electron chi connectivity index (χ0n) is 14.9. The largest absolute Gasteiger partial charge is 0.449 e. The number of nitrogens with zero attached hydrogens (tertiary/aromatic N) is 2. The number of ether oxygens (including phenoxy) is 1. The third-order valence-corrected chi connectivity index (χ3v) is 5.27. The van der Waals surface area contributed by atoms with E-state index in [2.05, 4.69) is 9.71 Å². The van der Waals surface area contributed by atoms with E-state index in [1.807, 2.05) is 6.92 Å². The lowest BCUT2D eigenvalue weighted by Crippen LogP contribution is -2.16. The predicted molar refractivity (Wildman–Crippen MR) is 98.2 cm³/mol. The molecule has 1 N–H and O–H groups in total. The van der Waals surface area contributed by atoms with Gasteiger partial charge in [-0.25, -0.2) is 13.4 Å². The number of halogens is 3. The summed E-state index contributed by atoms with van der Waals surface area (Å²) in [7, 11) is -3.86. The summed E-state index contributed by atoms with van der Waals surface area (Å²) < 4.78 is 73.4. The summed E-state index contributed by atoms with van der Waals surface area (Å²) in [5, 5.41) is 0. The third kappa shape index (κ3) is 4.28. The highest BCUT2D eigenvalue weighted by atomic mass is 32.2. The predicted octanol–water partition coefficient (Wildman–Crippen LogP) is 4.24. The second-order valence-corrected chi connectivity index (χ2v) is 7.70. The van der Waals surface area contributed by atoms with Gasteiger partial charge in [-0.1, -0.05) is 25.1 Å². The van der Waals surface area contributed by atoms with Crippen LogP contribution in [0.15, 0.2) is 53.4 Å². The maximum Gasteiger partial charge on any atom is 0.449 e. The Morgan fingerprint density at radius 3 is 2.50 bits per heavy atom. The molecular formula is C18H18F3N3O3S. The van der Waals surface area contributed by atoms with Crippen LogP contribution in [0.2, 0.25) is 0 Å². The van der Waals surface area contributed by atoms with Gasteiger partial charge in [0.15, 0.2) is 0 Å². The SMILES string of the molecule is CCCOCn1c(C(F)(F)F)nc2cc(NS(=O)(=O)c3ccccc3)ccc21. The van der Waals surface area contributed by atoms with E-state index in [1.165, 1.54) is 30.3 Å². The van der Waals surface area contributed by atoms with Crippen molar-refractivity contribution in [3.05, 3.63) is 54.4 Å². The maximum absolute atomic E-state index is 13.3. The van der Waals surface area contributed by atoms with Crippen LogP contribution in [0.4, 0.5) is 18.9 Å². The number of hydrogen-bond donors (Lipinski definition) is 1. The van der Waals surface area contributed by atoms with Crippen LogP contribution in [-0.4, -0.2) is 24.6 Å². The Balaban J connectivity index is 1.97. The molecule has 10 heteroatoms. The monoisotopic (exact) mass is 413 g/mol. The average Bonchev–Trinajstić information content (AvgIpc) is 3.01. The molecule has 28 heavy (non-hydrogen) atoms. The molecule has 0 saturated carbocycles. The standard InChI is InChI=1S/C18H18F3N3O3S/c1-2-10-27-12-24-16-9-8-13(11-15(16)22-17(24)18(19,20)21)23-28(25,26)14-6-4-3-5-7-14/h3-9,11,23H,2,10,12H2,1H3. The van der Waals surface area contributed by atoms with Gasteiger partial charge in [0.05, 0.1) is 21.6 Å². The number of rotatable bonds is 7. The van der Waals surface area contributed by atoms with Crippen molar-refractivity contribution in [2.24, 2.45) is 0 Å². The Bertz CT molecular complexity index is 1060. The van der Waals surface area contributed by atoms with Crippen molar-refractivity contribution >= 4 is 26.7 Å². The van der Waals surface area contributed by atoms with Crippen LogP contribution in [0, 0.1) is 0 Å². The van der Waals surface area contributed by atoms with Gasteiger partial charge < -0.3 is 4.74 Å². The van der Waals surface area contributed by atoms with Crippen LogP contribution in [0.5, 0.6) is 0 Å². The topological polar surface area (TPSA) is 73.2 Å². The van der Waals surface area contributed by atoms with Crippen molar-refractivity contribution < 1.29 is 26.3 Å². The van der Waals surface area contributed by atoms with Crippen LogP contribution in [0.1, 0.15) is 19.2 Å². The molecule has 0 saturated heterocycles. The van der Waals surface area contributed by atoms with E-state index in [4.69, 9.17) is 4.74 Å². The fourth-order valence-electron chi connectivity index (χ4n) is 2.65. The molecule has 0 aliphatic rings. The molecule has 0 spiro atoms. The maximum atomic E-state index is 13.3. The fraction of sp³-hybridized carbons (Fsp3) is 0.278. The van der Waals surface area contributed by atoms with Gasteiger partial charge in [-0.2, -0.15) is 13.2 Å². The Labute approximate surface area is 160 Å². The number of hydrogen-bond acceptors (Lipinski definition) is 4. The highest BCUT2D eigenvalue weighted by Gasteiger charge is 2.37. The summed E-state index contributed by atoms with van der Waals surface area (Å²) in [4.78, 5) is 3.70. The van der Waals surface area contributed by atoms with Gasteiger partial charge in [0.25, 0.3) is 10.0 Å². The van der Waals surface area contributed by atoms with Crippen molar-refractivity contribution in [3.8, 4) is 0 Å². The molecule has 0 aliphatic heterocycles. The molecule has 0 atom stereocenters. The number of anilines is 1. The van der Waals surface area contributed by atoms with Crippen molar-refractivity contribution in [2.75, 3.05) is 11.3 Å². The molecule has 3 aromatic rings. The number of nitrogens with one attached hydrogen (secondary N) is 1.